The van der Waals surface area contributed by atoms with Crippen molar-refractivity contribution in [1.82, 2.24) is 0 Å². The van der Waals surface area contributed by atoms with Crippen molar-refractivity contribution >= 4 is 41.0 Å². The summed E-state index contributed by atoms with van der Waals surface area (Å²) in [6, 6.07) is -0.759. The monoisotopic (exact) mass is 399 g/mol. The van der Waals surface area contributed by atoms with Gasteiger partial charge in [-0.25, -0.2) is 0 Å². The number of ether oxygens (including phenoxy) is 3. The molecule has 0 bridgehead atoms. The topological polar surface area (TPSA) is 128 Å². The largest absolute Gasteiger partial charge is 0.462 e. The number of esters is 2. The lowest BCUT2D eigenvalue weighted by Gasteiger charge is -2.28. The molecule has 0 radical (unpaired) electrons. The van der Waals surface area contributed by atoms with E-state index in [-0.39, 0.29) is 13.1 Å². The van der Waals surface area contributed by atoms with Gasteiger partial charge in [0.1, 0.15) is 6.61 Å². The van der Waals surface area contributed by atoms with Crippen molar-refractivity contribution in [2.75, 3.05) is 11.0 Å². The lowest BCUT2D eigenvalue weighted by Crippen LogP contribution is -2.44. The molecule has 0 fully saturated rings. The molecule has 20 heavy (non-hydrogen) atoms. The maximum absolute atomic E-state index is 11.1. The third-order valence-electron chi connectivity index (χ3n) is 2.09. The van der Waals surface area contributed by atoms with Crippen molar-refractivity contribution in [3.63, 3.8) is 0 Å². The lowest BCUT2D eigenvalue weighted by atomic mass is 10.1. The van der Waals surface area contributed by atoms with Gasteiger partial charge in [0, 0.05) is 23.2 Å². The van der Waals surface area contributed by atoms with Crippen LogP contribution in [0, 0.1) is 0 Å². The average Bonchev–Trinajstić information content (AvgIpc) is 2.38. The first-order chi connectivity index (χ1) is 9.46. The fourth-order valence-electron chi connectivity index (χ4n) is 1.33. The van der Waals surface area contributed by atoms with E-state index in [1.54, 1.807) is 0 Å². The molecule has 9 nitrogen and oxygen atoms in total. The average molecular weight is 399 g/mol. The Morgan fingerprint density at radius 2 is 2.05 bits per heavy atom. The molecule has 0 aliphatic heterocycles. The molecule has 0 aliphatic rings. The van der Waals surface area contributed by atoms with Crippen LogP contribution in [-0.4, -0.2) is 47.7 Å². The van der Waals surface area contributed by atoms with Gasteiger partial charge in [-0.1, -0.05) is 27.7 Å². The Kier molecular flexibility index (Phi) is 9.47. The molecule has 0 aliphatic carbocycles. The van der Waals surface area contributed by atoms with Crippen molar-refractivity contribution in [3.8, 4) is 0 Å². The summed E-state index contributed by atoms with van der Waals surface area (Å²) >= 11 is 1.93. The molecular formula is C10H14IN3O6. The summed E-state index contributed by atoms with van der Waals surface area (Å²) in [5.41, 5.74) is 8.50. The summed E-state index contributed by atoms with van der Waals surface area (Å²) in [4.78, 5) is 35.1. The number of azide groups is 1. The quantitative estimate of drug-likeness (QED) is 0.0836. The number of hydrogen-bond acceptors (Lipinski definition) is 7. The van der Waals surface area contributed by atoms with Crippen LogP contribution in [0.1, 0.15) is 13.8 Å². The van der Waals surface area contributed by atoms with Gasteiger partial charge in [0.15, 0.2) is 12.2 Å². The van der Waals surface area contributed by atoms with Gasteiger partial charge in [0.05, 0.1) is 6.04 Å². The first-order valence-corrected chi connectivity index (χ1v) is 6.98. The molecule has 0 rings (SSSR count). The van der Waals surface area contributed by atoms with Crippen LogP contribution in [-0.2, 0) is 28.6 Å². The molecule has 0 aromatic rings. The maximum Gasteiger partial charge on any atom is 0.303 e. The van der Waals surface area contributed by atoms with Gasteiger partial charge in [-0.15, -0.1) is 0 Å². The zero-order chi connectivity index (χ0) is 15.5. The van der Waals surface area contributed by atoms with E-state index in [4.69, 9.17) is 19.7 Å². The number of carbonyl (C=O) groups is 3. The van der Waals surface area contributed by atoms with E-state index in [9.17, 15) is 14.4 Å². The van der Waals surface area contributed by atoms with Crippen LogP contribution in [0.2, 0.25) is 0 Å². The predicted molar refractivity (Wildman–Crippen MR) is 74.9 cm³/mol. The fourth-order valence-corrected chi connectivity index (χ4v) is 2.00. The van der Waals surface area contributed by atoms with Gasteiger partial charge in [0.25, 0.3) is 6.47 Å². The number of rotatable bonds is 9. The second-order valence-corrected chi connectivity index (χ2v) is 4.45. The van der Waals surface area contributed by atoms with Gasteiger partial charge >= 0.3 is 11.9 Å². The molecule has 0 saturated carbocycles. The van der Waals surface area contributed by atoms with Gasteiger partial charge in [-0.3, -0.25) is 14.4 Å². The Morgan fingerprint density at radius 1 is 1.40 bits per heavy atom. The molecule has 10 heteroatoms. The lowest BCUT2D eigenvalue weighted by molar-refractivity contribution is -0.168. The Morgan fingerprint density at radius 3 is 2.45 bits per heavy atom. The van der Waals surface area contributed by atoms with Crippen molar-refractivity contribution in [1.29, 1.82) is 0 Å². The summed E-state index contributed by atoms with van der Waals surface area (Å²) < 4.78 is 14.8. The number of alkyl halides is 1. The zero-order valence-electron chi connectivity index (χ0n) is 10.9. The second kappa shape index (κ2) is 10.3. The first kappa shape index (κ1) is 18.4. The van der Waals surface area contributed by atoms with Crippen molar-refractivity contribution in [2.24, 2.45) is 5.11 Å². The van der Waals surface area contributed by atoms with E-state index in [0.717, 1.165) is 6.92 Å². The highest BCUT2D eigenvalue weighted by molar-refractivity contribution is 14.1. The molecule has 0 heterocycles. The summed E-state index contributed by atoms with van der Waals surface area (Å²) in [5, 5.41) is 3.49. The summed E-state index contributed by atoms with van der Waals surface area (Å²) in [5.74, 6) is -1.22. The first-order valence-electron chi connectivity index (χ1n) is 5.46. The molecule has 0 N–H and O–H groups in total. The van der Waals surface area contributed by atoms with Crippen LogP contribution in [0.5, 0.6) is 0 Å². The van der Waals surface area contributed by atoms with Gasteiger partial charge in [-0.2, -0.15) is 0 Å². The van der Waals surface area contributed by atoms with Crippen LogP contribution >= 0.6 is 22.6 Å². The van der Waals surface area contributed by atoms with Crippen LogP contribution in [0.15, 0.2) is 5.11 Å². The van der Waals surface area contributed by atoms with E-state index in [2.05, 4.69) is 10.0 Å². The number of hydrogen-bond donors (Lipinski definition) is 0. The molecule has 0 saturated heterocycles. The van der Waals surface area contributed by atoms with E-state index < -0.39 is 30.2 Å². The number of carbonyl (C=O) groups excluding carboxylic acids is 3. The van der Waals surface area contributed by atoms with Crippen LogP contribution < -0.4 is 0 Å². The van der Waals surface area contributed by atoms with Gasteiger partial charge in [-0.05, 0) is 5.53 Å². The molecule has 112 valence electrons. The molecule has 0 amide bonds. The third kappa shape index (κ3) is 7.14. The second-order valence-electron chi connectivity index (χ2n) is 3.57. The molecule has 0 unspecified atom stereocenters. The van der Waals surface area contributed by atoms with Crippen LogP contribution in [0.4, 0.5) is 0 Å². The van der Waals surface area contributed by atoms with Crippen molar-refractivity contribution in [3.05, 3.63) is 10.4 Å². The van der Waals surface area contributed by atoms with Crippen LogP contribution in [0.25, 0.3) is 10.4 Å². The normalized spacial score (nSPS) is 14.2. The molecule has 3 atom stereocenters. The Bertz CT molecular complexity index is 398. The molecular weight excluding hydrogens is 385 g/mol. The van der Waals surface area contributed by atoms with Crippen LogP contribution in [0.3, 0.4) is 0 Å². The minimum atomic E-state index is -1.05. The molecule has 0 aromatic heterocycles. The minimum absolute atomic E-state index is 0.144. The highest BCUT2D eigenvalue weighted by Crippen LogP contribution is 2.16. The summed E-state index contributed by atoms with van der Waals surface area (Å²) in [6.07, 6.45) is -2.09. The van der Waals surface area contributed by atoms with Gasteiger partial charge in [0.2, 0.25) is 0 Å². The Labute approximate surface area is 128 Å². The Balaban J connectivity index is 5.15. The van der Waals surface area contributed by atoms with Gasteiger partial charge < -0.3 is 14.2 Å². The standard InChI is InChI=1S/C10H14IN3O6/c1-6(16)18-4-9(19-5-15)10(20-7(2)17)8(3-11)13-14-12/h5,8-10H,3-4H2,1-2H3/t8-,9-,10+/m1/s1. The highest BCUT2D eigenvalue weighted by atomic mass is 127. The number of nitrogens with zero attached hydrogens (tertiary/aromatic N) is 3. The van der Waals surface area contributed by atoms with E-state index in [1.807, 2.05) is 22.6 Å². The maximum atomic E-state index is 11.1. The summed E-state index contributed by atoms with van der Waals surface area (Å²) in [6.45, 7) is 2.18. The van der Waals surface area contributed by atoms with E-state index >= 15 is 0 Å². The zero-order valence-corrected chi connectivity index (χ0v) is 13.1. The van der Waals surface area contributed by atoms with E-state index in [1.165, 1.54) is 6.92 Å². The number of halogens is 1. The molecule has 0 aromatic carbocycles. The molecule has 0 spiro atoms. The Hall–Kier alpha value is -1.55. The van der Waals surface area contributed by atoms with E-state index in [0.29, 0.717) is 4.43 Å². The third-order valence-corrected chi connectivity index (χ3v) is 2.99. The predicted octanol–water partition coefficient (Wildman–Crippen LogP) is 1.14. The highest BCUT2D eigenvalue weighted by Gasteiger charge is 2.33. The fraction of sp³-hybridized carbons (Fsp3) is 0.700. The smallest absolute Gasteiger partial charge is 0.303 e. The van der Waals surface area contributed by atoms with Crippen molar-refractivity contribution < 1.29 is 28.6 Å². The summed E-state index contributed by atoms with van der Waals surface area (Å²) in [7, 11) is 0. The van der Waals surface area contributed by atoms with Crippen molar-refractivity contribution in [2.45, 2.75) is 32.1 Å². The SMILES string of the molecule is CC(=O)OC[C@@H](OC=O)[C@@H](OC(C)=O)[C@@H](CI)N=[N+]=[N-]. The minimum Gasteiger partial charge on any atom is -0.462 e.